The van der Waals surface area contributed by atoms with Crippen molar-refractivity contribution in [1.82, 2.24) is 15.0 Å². The molecular weight excluding hydrogens is 418 g/mol. The van der Waals surface area contributed by atoms with E-state index in [2.05, 4.69) is 42.8 Å². The van der Waals surface area contributed by atoms with E-state index >= 15 is 0 Å². The predicted octanol–water partition coefficient (Wildman–Crippen LogP) is 3.33. The Morgan fingerprint density at radius 1 is 1.09 bits per heavy atom. The van der Waals surface area contributed by atoms with Crippen LogP contribution in [0.5, 0.6) is 0 Å². The first-order valence-corrected chi connectivity index (χ1v) is 10.7. The average Bonchev–Trinajstić information content (AvgIpc) is 2.85. The third-order valence-corrected chi connectivity index (χ3v) is 5.06. The number of hydrogen-bond donors (Lipinski definition) is 2. The molecule has 1 aromatic heterocycles. The molecule has 1 aliphatic rings. The summed E-state index contributed by atoms with van der Waals surface area (Å²) in [5.41, 5.74) is 2.64. The first-order valence-electron chi connectivity index (χ1n) is 10.7. The van der Waals surface area contributed by atoms with Crippen LogP contribution in [0.4, 0.5) is 23.0 Å². The molecule has 0 aliphatic carbocycles. The molecule has 0 saturated carbocycles. The molecule has 1 saturated heterocycles. The maximum absolute atomic E-state index is 11.7. The Morgan fingerprint density at radius 2 is 1.91 bits per heavy atom. The second-order valence-corrected chi connectivity index (χ2v) is 7.41. The first kappa shape index (κ1) is 22.2. The number of hydrogen-bond acceptors (Lipinski definition) is 8. The Kier molecular flexibility index (Phi) is 7.43. The molecule has 4 rings (SSSR count). The van der Waals surface area contributed by atoms with Crippen molar-refractivity contribution >= 4 is 28.9 Å². The fourth-order valence-corrected chi connectivity index (χ4v) is 3.55. The van der Waals surface area contributed by atoms with Gasteiger partial charge in [0.25, 0.3) is 0 Å². The van der Waals surface area contributed by atoms with Crippen LogP contribution in [0.1, 0.15) is 12.0 Å². The molecule has 0 unspecified atom stereocenters. The Labute approximate surface area is 192 Å². The number of rotatable bonds is 8. The molecule has 0 bridgehead atoms. The van der Waals surface area contributed by atoms with Crippen molar-refractivity contribution in [2.75, 3.05) is 41.9 Å². The molecule has 1 amide bonds. The van der Waals surface area contributed by atoms with Gasteiger partial charge < -0.3 is 15.4 Å². The number of benzene rings is 2. The van der Waals surface area contributed by atoms with Gasteiger partial charge in [0, 0.05) is 31.4 Å². The number of para-hydroxylation sites is 1. The summed E-state index contributed by atoms with van der Waals surface area (Å²) < 4.78 is 5.52. The number of carbonyl (C=O) groups is 1. The van der Waals surface area contributed by atoms with Crippen LogP contribution in [0, 0.1) is 11.3 Å². The van der Waals surface area contributed by atoms with Gasteiger partial charge in [-0.05, 0) is 29.8 Å². The van der Waals surface area contributed by atoms with E-state index in [1.165, 1.54) is 0 Å². The van der Waals surface area contributed by atoms with Gasteiger partial charge in [0.1, 0.15) is 18.6 Å². The number of ether oxygens (including phenoxy) is 1. The third-order valence-electron chi connectivity index (χ3n) is 5.06. The summed E-state index contributed by atoms with van der Waals surface area (Å²) in [5, 5.41) is 19.0. The van der Waals surface area contributed by atoms with Crippen molar-refractivity contribution in [2.45, 2.75) is 13.0 Å². The maximum Gasteiger partial charge on any atom is 0.238 e. The van der Waals surface area contributed by atoms with E-state index in [0.29, 0.717) is 31.3 Å². The summed E-state index contributed by atoms with van der Waals surface area (Å²) in [7, 11) is 0. The van der Waals surface area contributed by atoms with Crippen LogP contribution in [0.3, 0.4) is 0 Å². The van der Waals surface area contributed by atoms with Crippen molar-refractivity contribution in [1.29, 1.82) is 5.26 Å². The van der Waals surface area contributed by atoms with Crippen molar-refractivity contribution in [2.24, 2.45) is 0 Å². The summed E-state index contributed by atoms with van der Waals surface area (Å²) in [6.07, 6.45) is 1.37. The van der Waals surface area contributed by atoms with E-state index in [-0.39, 0.29) is 12.3 Å². The molecule has 3 aromatic rings. The van der Waals surface area contributed by atoms with E-state index in [0.717, 1.165) is 30.2 Å². The highest BCUT2D eigenvalue weighted by atomic mass is 16.5. The number of hydrazine groups is 1. The minimum absolute atomic E-state index is 0.173. The summed E-state index contributed by atoms with van der Waals surface area (Å²) in [6.45, 7) is 3.39. The van der Waals surface area contributed by atoms with Crippen LogP contribution >= 0.6 is 0 Å². The van der Waals surface area contributed by atoms with Gasteiger partial charge in [-0.25, -0.2) is 15.0 Å². The third kappa shape index (κ3) is 6.04. The highest BCUT2D eigenvalue weighted by Crippen LogP contribution is 2.27. The van der Waals surface area contributed by atoms with Crippen molar-refractivity contribution < 1.29 is 9.53 Å². The van der Waals surface area contributed by atoms with Crippen LogP contribution in [0.15, 0.2) is 67.0 Å². The second-order valence-electron chi connectivity index (χ2n) is 7.41. The molecule has 9 nitrogen and oxygen atoms in total. The van der Waals surface area contributed by atoms with E-state index in [1.54, 1.807) is 12.4 Å². The zero-order valence-electron chi connectivity index (χ0n) is 18.1. The monoisotopic (exact) mass is 443 g/mol. The lowest BCUT2D eigenvalue weighted by Gasteiger charge is -2.38. The summed E-state index contributed by atoms with van der Waals surface area (Å²) in [4.78, 5) is 20.6. The molecule has 0 spiro atoms. The molecular formula is C24H25N7O2. The van der Waals surface area contributed by atoms with Gasteiger partial charge in [-0.2, -0.15) is 5.26 Å². The molecule has 2 aromatic carbocycles. The molecule has 2 heterocycles. The Hall–Kier alpha value is -4.00. The molecule has 9 heteroatoms. The average molecular weight is 444 g/mol. The maximum atomic E-state index is 11.7. The van der Waals surface area contributed by atoms with E-state index < -0.39 is 0 Å². The fraction of sp³-hybridized carbons (Fsp3) is 0.250. The normalized spacial score (nSPS) is 13.7. The molecule has 33 heavy (non-hydrogen) atoms. The molecule has 0 radical (unpaired) electrons. The minimum Gasteiger partial charge on any atom is -0.379 e. The number of carbonyl (C=O) groups excluding carboxylic acids is 1. The van der Waals surface area contributed by atoms with Crippen LogP contribution < -0.4 is 15.6 Å². The number of nitrogens with zero attached hydrogens (tertiary/aromatic N) is 5. The molecule has 168 valence electrons. The van der Waals surface area contributed by atoms with Crippen LogP contribution in [0.2, 0.25) is 0 Å². The van der Waals surface area contributed by atoms with Crippen LogP contribution in [0.25, 0.3) is 0 Å². The lowest BCUT2D eigenvalue weighted by Crippen LogP contribution is -2.46. The summed E-state index contributed by atoms with van der Waals surface area (Å²) in [5.74, 6) is 1.12. The highest BCUT2D eigenvalue weighted by Gasteiger charge is 2.22. The van der Waals surface area contributed by atoms with Gasteiger partial charge in [0.15, 0.2) is 5.82 Å². The zero-order chi connectivity index (χ0) is 22.9. The van der Waals surface area contributed by atoms with Gasteiger partial charge in [-0.15, -0.1) is 0 Å². The van der Waals surface area contributed by atoms with Crippen molar-refractivity contribution in [3.05, 3.63) is 72.6 Å². The van der Waals surface area contributed by atoms with Crippen LogP contribution in [-0.2, 0) is 16.1 Å². The number of nitriles is 1. The van der Waals surface area contributed by atoms with E-state index in [4.69, 9.17) is 10.00 Å². The number of nitrogens with one attached hydrogen (secondary N) is 2. The topological polar surface area (TPSA) is 106 Å². The molecule has 1 aliphatic heterocycles. The SMILES string of the molecule is N#CCC(=O)Nc1cccc(CNc2cc(N(c3ccccc3)N3CCOCC3)ncn2)c1. The number of anilines is 4. The van der Waals surface area contributed by atoms with E-state index in [9.17, 15) is 4.79 Å². The highest BCUT2D eigenvalue weighted by molar-refractivity contribution is 5.92. The summed E-state index contributed by atoms with van der Waals surface area (Å²) in [6, 6.07) is 21.4. The van der Waals surface area contributed by atoms with Gasteiger partial charge in [0.2, 0.25) is 5.91 Å². The summed E-state index contributed by atoms with van der Waals surface area (Å²) >= 11 is 0. The molecule has 1 fully saturated rings. The lowest BCUT2D eigenvalue weighted by molar-refractivity contribution is -0.115. The Morgan fingerprint density at radius 3 is 2.70 bits per heavy atom. The number of morpholine rings is 1. The van der Waals surface area contributed by atoms with Gasteiger partial charge >= 0.3 is 0 Å². The Balaban J connectivity index is 1.49. The largest absolute Gasteiger partial charge is 0.379 e. The van der Waals surface area contributed by atoms with Gasteiger partial charge in [0.05, 0.1) is 25.0 Å². The first-order chi connectivity index (χ1) is 16.2. The van der Waals surface area contributed by atoms with Gasteiger partial charge in [-0.3, -0.25) is 9.80 Å². The standard InChI is InChI=1S/C24H25N7O2/c25-10-9-24(32)29-20-6-4-5-19(15-20)17-26-22-16-23(28-18-27-22)31(21-7-2-1-3-8-21)30-11-13-33-14-12-30/h1-8,15-16,18H,9,11-14,17H2,(H,29,32)(H,26,27,28). The molecule has 2 N–H and O–H groups in total. The number of aromatic nitrogens is 2. The van der Waals surface area contributed by atoms with Gasteiger partial charge in [-0.1, -0.05) is 30.3 Å². The zero-order valence-corrected chi connectivity index (χ0v) is 18.1. The number of amides is 1. The van der Waals surface area contributed by atoms with E-state index in [1.807, 2.05) is 48.5 Å². The smallest absolute Gasteiger partial charge is 0.238 e. The molecule has 0 atom stereocenters. The lowest BCUT2D eigenvalue weighted by atomic mass is 10.2. The second kappa shape index (κ2) is 11.0. The Bertz CT molecular complexity index is 1110. The fourth-order valence-electron chi connectivity index (χ4n) is 3.55. The minimum atomic E-state index is -0.327. The van der Waals surface area contributed by atoms with Crippen molar-refractivity contribution in [3.8, 4) is 6.07 Å². The van der Waals surface area contributed by atoms with Crippen LogP contribution in [-0.4, -0.2) is 47.2 Å². The van der Waals surface area contributed by atoms with Crippen molar-refractivity contribution in [3.63, 3.8) is 0 Å². The predicted molar refractivity (Wildman–Crippen MR) is 126 cm³/mol. The quantitative estimate of drug-likeness (QED) is 0.546.